The normalized spacial score (nSPS) is 33.5. The van der Waals surface area contributed by atoms with Gasteiger partial charge in [-0.3, -0.25) is 4.90 Å². The Morgan fingerprint density at radius 3 is 2.50 bits per heavy atom. The van der Waals surface area contributed by atoms with Crippen LogP contribution in [-0.2, 0) is 0 Å². The molecule has 0 aromatic heterocycles. The lowest BCUT2D eigenvalue weighted by Crippen LogP contribution is -2.47. The predicted octanol–water partition coefficient (Wildman–Crippen LogP) is 1.22. The number of hydrogen-bond acceptors (Lipinski definition) is 2. The van der Waals surface area contributed by atoms with Gasteiger partial charge in [0.1, 0.15) is 0 Å². The van der Waals surface area contributed by atoms with Gasteiger partial charge in [-0.05, 0) is 45.3 Å². The molecular formula is C10H20N2. The summed E-state index contributed by atoms with van der Waals surface area (Å²) in [6.07, 6.45) is 7.11. The van der Waals surface area contributed by atoms with Gasteiger partial charge in [-0.2, -0.15) is 0 Å². The maximum atomic E-state index is 3.49. The Hall–Kier alpha value is -0.0800. The Morgan fingerprint density at radius 2 is 1.83 bits per heavy atom. The SMILES string of the molecule is C1CCN([C@H]2CCCNC2)CC1. The molecule has 0 saturated carbocycles. The lowest BCUT2D eigenvalue weighted by atomic mass is 10.0. The average Bonchev–Trinajstić information content (AvgIpc) is 2.21. The van der Waals surface area contributed by atoms with Crippen molar-refractivity contribution in [3.8, 4) is 0 Å². The molecule has 0 spiro atoms. The van der Waals surface area contributed by atoms with Gasteiger partial charge in [-0.15, -0.1) is 0 Å². The average molecular weight is 168 g/mol. The molecule has 12 heavy (non-hydrogen) atoms. The second-order valence-electron chi connectivity index (χ2n) is 4.10. The molecule has 2 saturated heterocycles. The largest absolute Gasteiger partial charge is 0.315 e. The molecule has 1 N–H and O–H groups in total. The zero-order valence-electron chi connectivity index (χ0n) is 7.89. The van der Waals surface area contributed by atoms with Crippen LogP contribution in [0, 0.1) is 0 Å². The number of nitrogens with one attached hydrogen (secondary N) is 1. The predicted molar refractivity (Wildman–Crippen MR) is 51.3 cm³/mol. The van der Waals surface area contributed by atoms with Gasteiger partial charge in [0.05, 0.1) is 0 Å². The van der Waals surface area contributed by atoms with E-state index in [9.17, 15) is 0 Å². The van der Waals surface area contributed by atoms with Gasteiger partial charge >= 0.3 is 0 Å². The Labute approximate surface area is 75.3 Å². The summed E-state index contributed by atoms with van der Waals surface area (Å²) in [6.45, 7) is 5.18. The topological polar surface area (TPSA) is 15.3 Å². The van der Waals surface area contributed by atoms with Crippen LogP contribution >= 0.6 is 0 Å². The first kappa shape index (κ1) is 8.52. The van der Waals surface area contributed by atoms with Gasteiger partial charge in [-0.25, -0.2) is 0 Å². The van der Waals surface area contributed by atoms with Gasteiger partial charge in [0.2, 0.25) is 0 Å². The molecule has 70 valence electrons. The lowest BCUT2D eigenvalue weighted by Gasteiger charge is -2.36. The van der Waals surface area contributed by atoms with Crippen LogP contribution in [0.25, 0.3) is 0 Å². The quantitative estimate of drug-likeness (QED) is 0.633. The third kappa shape index (κ3) is 1.99. The number of rotatable bonds is 1. The molecule has 0 amide bonds. The Kier molecular flexibility index (Phi) is 3.01. The highest BCUT2D eigenvalue weighted by molar-refractivity contribution is 4.80. The highest BCUT2D eigenvalue weighted by Gasteiger charge is 2.21. The summed E-state index contributed by atoms with van der Waals surface area (Å²) < 4.78 is 0. The number of nitrogens with zero attached hydrogens (tertiary/aromatic N) is 1. The molecule has 0 unspecified atom stereocenters. The Morgan fingerprint density at radius 1 is 1.00 bits per heavy atom. The molecule has 1 atom stereocenters. The van der Waals surface area contributed by atoms with E-state index >= 15 is 0 Å². The van der Waals surface area contributed by atoms with E-state index in [0.29, 0.717) is 0 Å². The molecular weight excluding hydrogens is 148 g/mol. The van der Waals surface area contributed by atoms with Crippen molar-refractivity contribution in [1.29, 1.82) is 0 Å². The van der Waals surface area contributed by atoms with Crippen molar-refractivity contribution in [1.82, 2.24) is 10.2 Å². The molecule has 0 aliphatic carbocycles. The van der Waals surface area contributed by atoms with Crippen LogP contribution in [0.3, 0.4) is 0 Å². The molecule has 2 aliphatic rings. The van der Waals surface area contributed by atoms with Crippen LogP contribution < -0.4 is 5.32 Å². The van der Waals surface area contributed by atoms with E-state index < -0.39 is 0 Å². The molecule has 0 aromatic carbocycles. The van der Waals surface area contributed by atoms with Crippen LogP contribution in [0.2, 0.25) is 0 Å². The minimum atomic E-state index is 0.860. The first-order valence-electron chi connectivity index (χ1n) is 5.41. The van der Waals surface area contributed by atoms with Crippen molar-refractivity contribution in [3.05, 3.63) is 0 Å². The maximum Gasteiger partial charge on any atom is 0.0221 e. The van der Waals surface area contributed by atoms with Crippen LogP contribution in [0.4, 0.5) is 0 Å². The van der Waals surface area contributed by atoms with E-state index in [1.165, 1.54) is 58.3 Å². The molecule has 2 nitrogen and oxygen atoms in total. The van der Waals surface area contributed by atoms with Gasteiger partial charge in [0.25, 0.3) is 0 Å². The van der Waals surface area contributed by atoms with Crippen molar-refractivity contribution < 1.29 is 0 Å². The van der Waals surface area contributed by atoms with Gasteiger partial charge in [-0.1, -0.05) is 6.42 Å². The monoisotopic (exact) mass is 168 g/mol. The fourth-order valence-electron chi connectivity index (χ4n) is 2.43. The van der Waals surface area contributed by atoms with Crippen molar-refractivity contribution >= 4 is 0 Å². The van der Waals surface area contributed by atoms with Gasteiger partial charge in [0, 0.05) is 12.6 Å². The summed E-state index contributed by atoms with van der Waals surface area (Å²) in [4.78, 5) is 2.69. The number of hydrogen-bond donors (Lipinski definition) is 1. The molecule has 0 radical (unpaired) electrons. The molecule has 2 fully saturated rings. The van der Waals surface area contributed by atoms with E-state index in [0.717, 1.165) is 6.04 Å². The minimum absolute atomic E-state index is 0.860. The minimum Gasteiger partial charge on any atom is -0.315 e. The van der Waals surface area contributed by atoms with E-state index in [4.69, 9.17) is 0 Å². The second-order valence-corrected chi connectivity index (χ2v) is 4.10. The first-order chi connectivity index (χ1) is 5.97. The molecule has 2 heterocycles. The van der Waals surface area contributed by atoms with Gasteiger partial charge in [0.15, 0.2) is 0 Å². The van der Waals surface area contributed by atoms with Crippen molar-refractivity contribution in [3.63, 3.8) is 0 Å². The fourth-order valence-corrected chi connectivity index (χ4v) is 2.43. The first-order valence-corrected chi connectivity index (χ1v) is 5.41. The second kappa shape index (κ2) is 4.24. The number of piperidine rings is 2. The third-order valence-corrected chi connectivity index (χ3v) is 3.18. The van der Waals surface area contributed by atoms with Crippen LogP contribution in [-0.4, -0.2) is 37.1 Å². The Balaban J connectivity index is 1.80. The van der Waals surface area contributed by atoms with E-state index in [2.05, 4.69) is 10.2 Å². The fraction of sp³-hybridized carbons (Fsp3) is 1.00. The summed E-state index contributed by atoms with van der Waals surface area (Å²) in [5.74, 6) is 0. The summed E-state index contributed by atoms with van der Waals surface area (Å²) in [6, 6.07) is 0.860. The molecule has 0 bridgehead atoms. The zero-order valence-corrected chi connectivity index (χ0v) is 7.89. The smallest absolute Gasteiger partial charge is 0.0221 e. The van der Waals surface area contributed by atoms with E-state index in [1.807, 2.05) is 0 Å². The maximum absolute atomic E-state index is 3.49. The highest BCUT2D eigenvalue weighted by atomic mass is 15.2. The van der Waals surface area contributed by atoms with Crippen molar-refractivity contribution in [2.24, 2.45) is 0 Å². The van der Waals surface area contributed by atoms with E-state index in [-0.39, 0.29) is 0 Å². The molecule has 2 heteroatoms. The lowest BCUT2D eigenvalue weighted by molar-refractivity contribution is 0.139. The van der Waals surface area contributed by atoms with Crippen LogP contribution in [0.15, 0.2) is 0 Å². The molecule has 2 aliphatic heterocycles. The zero-order chi connectivity index (χ0) is 8.23. The van der Waals surface area contributed by atoms with E-state index in [1.54, 1.807) is 0 Å². The molecule has 0 aromatic rings. The highest BCUT2D eigenvalue weighted by Crippen LogP contribution is 2.16. The van der Waals surface area contributed by atoms with Crippen LogP contribution in [0.5, 0.6) is 0 Å². The summed E-state index contributed by atoms with van der Waals surface area (Å²) in [5, 5.41) is 3.49. The molecule has 2 rings (SSSR count). The van der Waals surface area contributed by atoms with Crippen molar-refractivity contribution in [2.75, 3.05) is 26.2 Å². The summed E-state index contributed by atoms with van der Waals surface area (Å²) in [7, 11) is 0. The van der Waals surface area contributed by atoms with Crippen LogP contribution in [0.1, 0.15) is 32.1 Å². The summed E-state index contributed by atoms with van der Waals surface area (Å²) in [5.41, 5.74) is 0. The summed E-state index contributed by atoms with van der Waals surface area (Å²) >= 11 is 0. The standard InChI is InChI=1S/C10H20N2/c1-2-7-12(8-3-1)10-5-4-6-11-9-10/h10-11H,1-9H2/t10-/m0/s1. The van der Waals surface area contributed by atoms with Gasteiger partial charge < -0.3 is 5.32 Å². The Bertz CT molecular complexity index is 108. The van der Waals surface area contributed by atoms with Crippen molar-refractivity contribution in [2.45, 2.75) is 38.1 Å². The third-order valence-electron chi connectivity index (χ3n) is 3.18. The number of likely N-dealkylation sites (tertiary alicyclic amines) is 1.